The number of carbonyl (C=O) groups excluding carboxylic acids is 1. The van der Waals surface area contributed by atoms with Gasteiger partial charge in [0, 0.05) is 32.2 Å². The van der Waals surface area contributed by atoms with Crippen LogP contribution in [-0.2, 0) is 9.53 Å². The van der Waals surface area contributed by atoms with Gasteiger partial charge in [0.1, 0.15) is 0 Å². The van der Waals surface area contributed by atoms with Crippen LogP contribution in [0.3, 0.4) is 0 Å². The van der Waals surface area contributed by atoms with E-state index in [9.17, 15) is 4.79 Å². The summed E-state index contributed by atoms with van der Waals surface area (Å²) in [6.07, 6.45) is 3.85. The molecule has 0 bridgehead atoms. The number of rotatable bonds is 6. The van der Waals surface area contributed by atoms with E-state index in [0.29, 0.717) is 12.5 Å². The van der Waals surface area contributed by atoms with Crippen LogP contribution in [0.5, 0.6) is 0 Å². The minimum absolute atomic E-state index is 0.140. The summed E-state index contributed by atoms with van der Waals surface area (Å²) < 4.78 is 5.34. The lowest BCUT2D eigenvalue weighted by Gasteiger charge is -2.23. The number of ether oxygens (including phenoxy) is 1. The summed E-state index contributed by atoms with van der Waals surface area (Å²) in [7, 11) is 0. The van der Waals surface area contributed by atoms with E-state index in [1.807, 2.05) is 0 Å². The SMILES string of the molecule is CCCNC(=O)CCNC1CCCOC1. The third kappa shape index (κ3) is 5.74. The quantitative estimate of drug-likeness (QED) is 0.683. The van der Waals surface area contributed by atoms with Gasteiger partial charge in [0.05, 0.1) is 6.61 Å². The van der Waals surface area contributed by atoms with Gasteiger partial charge in [0.15, 0.2) is 0 Å². The zero-order chi connectivity index (χ0) is 10.9. The summed E-state index contributed by atoms with van der Waals surface area (Å²) in [6.45, 7) is 5.26. The molecule has 2 N–H and O–H groups in total. The van der Waals surface area contributed by atoms with E-state index in [1.54, 1.807) is 0 Å². The molecule has 1 aliphatic heterocycles. The maximum atomic E-state index is 11.3. The van der Waals surface area contributed by atoms with Crippen LogP contribution < -0.4 is 10.6 Å². The molecular formula is C11H22N2O2. The maximum Gasteiger partial charge on any atom is 0.221 e. The van der Waals surface area contributed by atoms with Crippen LogP contribution in [0.25, 0.3) is 0 Å². The summed E-state index contributed by atoms with van der Waals surface area (Å²) in [5.74, 6) is 0.140. The Labute approximate surface area is 91.8 Å². The third-order valence-corrected chi connectivity index (χ3v) is 2.52. The van der Waals surface area contributed by atoms with Gasteiger partial charge in [-0.25, -0.2) is 0 Å². The molecule has 15 heavy (non-hydrogen) atoms. The zero-order valence-electron chi connectivity index (χ0n) is 9.55. The molecule has 1 atom stereocenters. The fourth-order valence-corrected chi connectivity index (χ4v) is 1.64. The number of carbonyl (C=O) groups is 1. The monoisotopic (exact) mass is 214 g/mol. The van der Waals surface area contributed by atoms with Crippen molar-refractivity contribution in [2.24, 2.45) is 0 Å². The predicted molar refractivity (Wildman–Crippen MR) is 59.8 cm³/mol. The fraction of sp³-hybridized carbons (Fsp3) is 0.909. The first-order valence-electron chi connectivity index (χ1n) is 5.90. The van der Waals surface area contributed by atoms with E-state index >= 15 is 0 Å². The number of amides is 1. The first-order valence-corrected chi connectivity index (χ1v) is 5.90. The van der Waals surface area contributed by atoms with Gasteiger partial charge < -0.3 is 15.4 Å². The van der Waals surface area contributed by atoms with Gasteiger partial charge in [-0.2, -0.15) is 0 Å². The van der Waals surface area contributed by atoms with Gasteiger partial charge in [-0.05, 0) is 19.3 Å². The second-order valence-electron chi connectivity index (χ2n) is 3.97. The number of hydrogen-bond donors (Lipinski definition) is 2. The molecule has 0 aromatic rings. The second kappa shape index (κ2) is 7.65. The van der Waals surface area contributed by atoms with E-state index < -0.39 is 0 Å². The molecule has 0 aromatic carbocycles. The minimum Gasteiger partial charge on any atom is -0.380 e. The zero-order valence-corrected chi connectivity index (χ0v) is 9.55. The smallest absolute Gasteiger partial charge is 0.221 e. The molecule has 88 valence electrons. The van der Waals surface area contributed by atoms with Gasteiger partial charge in [-0.15, -0.1) is 0 Å². The lowest BCUT2D eigenvalue weighted by molar-refractivity contribution is -0.121. The lowest BCUT2D eigenvalue weighted by atomic mass is 10.1. The molecule has 4 nitrogen and oxygen atoms in total. The second-order valence-corrected chi connectivity index (χ2v) is 3.97. The summed E-state index contributed by atoms with van der Waals surface area (Å²) in [4.78, 5) is 11.3. The van der Waals surface area contributed by atoms with E-state index in [1.165, 1.54) is 0 Å². The molecule has 0 aromatic heterocycles. The summed E-state index contributed by atoms with van der Waals surface area (Å²) >= 11 is 0. The van der Waals surface area contributed by atoms with Crippen LogP contribution in [-0.4, -0.2) is 38.3 Å². The Kier molecular flexibility index (Phi) is 6.36. The van der Waals surface area contributed by atoms with Gasteiger partial charge in [-0.1, -0.05) is 6.92 Å². The highest BCUT2D eigenvalue weighted by atomic mass is 16.5. The van der Waals surface area contributed by atoms with Crippen LogP contribution in [0.15, 0.2) is 0 Å². The Balaban J connectivity index is 1.97. The normalized spacial score (nSPS) is 21.3. The van der Waals surface area contributed by atoms with Crippen molar-refractivity contribution < 1.29 is 9.53 Å². The number of hydrogen-bond acceptors (Lipinski definition) is 3. The Hall–Kier alpha value is -0.610. The van der Waals surface area contributed by atoms with Crippen LogP contribution in [0.4, 0.5) is 0 Å². The molecule has 1 fully saturated rings. The van der Waals surface area contributed by atoms with Gasteiger partial charge >= 0.3 is 0 Å². The van der Waals surface area contributed by atoms with Crippen molar-refractivity contribution in [3.63, 3.8) is 0 Å². The number of nitrogens with one attached hydrogen (secondary N) is 2. The molecule has 1 rings (SSSR count). The van der Waals surface area contributed by atoms with Gasteiger partial charge in [-0.3, -0.25) is 4.79 Å². The van der Waals surface area contributed by atoms with Crippen molar-refractivity contribution in [1.29, 1.82) is 0 Å². The molecule has 0 saturated carbocycles. The van der Waals surface area contributed by atoms with E-state index in [0.717, 1.165) is 45.6 Å². The molecule has 0 aliphatic carbocycles. The van der Waals surface area contributed by atoms with Crippen molar-refractivity contribution >= 4 is 5.91 Å². The molecular weight excluding hydrogens is 192 g/mol. The largest absolute Gasteiger partial charge is 0.380 e. The molecule has 0 spiro atoms. The van der Waals surface area contributed by atoms with Crippen molar-refractivity contribution in [2.45, 2.75) is 38.6 Å². The molecule has 1 unspecified atom stereocenters. The fourth-order valence-electron chi connectivity index (χ4n) is 1.64. The Morgan fingerprint density at radius 2 is 2.33 bits per heavy atom. The summed E-state index contributed by atoms with van der Waals surface area (Å²) in [6, 6.07) is 0.442. The van der Waals surface area contributed by atoms with E-state index in [-0.39, 0.29) is 5.91 Å². The van der Waals surface area contributed by atoms with Crippen molar-refractivity contribution in [2.75, 3.05) is 26.3 Å². The molecule has 1 saturated heterocycles. The van der Waals surface area contributed by atoms with Crippen molar-refractivity contribution in [3.8, 4) is 0 Å². The van der Waals surface area contributed by atoms with Crippen LogP contribution >= 0.6 is 0 Å². The predicted octanol–water partition coefficient (Wildman–Crippen LogP) is 0.671. The minimum atomic E-state index is 0.140. The first kappa shape index (κ1) is 12.5. The van der Waals surface area contributed by atoms with Gasteiger partial charge in [0.25, 0.3) is 0 Å². The molecule has 0 radical (unpaired) electrons. The van der Waals surface area contributed by atoms with Crippen LogP contribution in [0.1, 0.15) is 32.6 Å². The topological polar surface area (TPSA) is 50.4 Å². The average Bonchev–Trinajstić information content (AvgIpc) is 2.28. The molecule has 1 heterocycles. The highest BCUT2D eigenvalue weighted by molar-refractivity contribution is 5.75. The Bertz CT molecular complexity index is 179. The van der Waals surface area contributed by atoms with Crippen LogP contribution in [0, 0.1) is 0 Å². The van der Waals surface area contributed by atoms with Crippen LogP contribution in [0.2, 0.25) is 0 Å². The maximum absolute atomic E-state index is 11.3. The summed E-state index contributed by atoms with van der Waals surface area (Å²) in [5, 5.41) is 6.20. The molecule has 1 aliphatic rings. The van der Waals surface area contributed by atoms with Crippen molar-refractivity contribution in [1.82, 2.24) is 10.6 Å². The summed E-state index contributed by atoms with van der Waals surface area (Å²) in [5.41, 5.74) is 0. The van der Waals surface area contributed by atoms with E-state index in [2.05, 4.69) is 17.6 Å². The highest BCUT2D eigenvalue weighted by Gasteiger charge is 2.12. The Morgan fingerprint density at radius 1 is 1.47 bits per heavy atom. The molecule has 4 heteroatoms. The lowest BCUT2D eigenvalue weighted by Crippen LogP contribution is -2.39. The Morgan fingerprint density at radius 3 is 3.00 bits per heavy atom. The third-order valence-electron chi connectivity index (χ3n) is 2.52. The standard InChI is InChI=1S/C11H22N2O2/c1-2-6-13-11(14)5-7-12-10-4-3-8-15-9-10/h10,12H,2-9H2,1H3,(H,13,14). The molecule has 1 amide bonds. The van der Waals surface area contributed by atoms with Crippen molar-refractivity contribution in [3.05, 3.63) is 0 Å². The van der Waals surface area contributed by atoms with E-state index in [4.69, 9.17) is 4.74 Å². The van der Waals surface area contributed by atoms with Gasteiger partial charge in [0.2, 0.25) is 5.91 Å². The average molecular weight is 214 g/mol. The first-order chi connectivity index (χ1) is 7.33. The highest BCUT2D eigenvalue weighted by Crippen LogP contribution is 2.05.